The maximum atomic E-state index is 2.26. The van der Waals surface area contributed by atoms with E-state index in [0.29, 0.717) is 0 Å². The van der Waals surface area contributed by atoms with E-state index in [2.05, 4.69) is 39.8 Å². The number of hydrogen-bond acceptors (Lipinski definition) is 1. The molecule has 1 atom stereocenters. The smallest absolute Gasteiger partial charge is 0.00632 e. The maximum Gasteiger partial charge on any atom is 0.00632 e. The summed E-state index contributed by atoms with van der Waals surface area (Å²) >= 11 is 0. The molecule has 0 aromatic rings. The minimum Gasteiger partial charge on any atom is -0.307 e. The summed E-state index contributed by atoms with van der Waals surface area (Å²) in [4.78, 5) is 2.26. The Hall–Kier alpha value is -0.0400. The minimum atomic E-state index is 0.727. The molecule has 1 heteroatoms. The van der Waals surface area contributed by atoms with E-state index in [9.17, 15) is 0 Å². The molecule has 0 amide bonds. The van der Waals surface area contributed by atoms with Crippen LogP contribution < -0.4 is 0 Å². The van der Waals surface area contributed by atoms with Crippen LogP contribution in [0.3, 0.4) is 0 Å². The van der Waals surface area contributed by atoms with Crippen LogP contribution >= 0.6 is 0 Å². The van der Waals surface area contributed by atoms with Gasteiger partial charge in [0.05, 0.1) is 0 Å². The molecule has 0 aliphatic carbocycles. The topological polar surface area (TPSA) is 3.24 Å². The molecule has 0 bridgehead atoms. The lowest BCUT2D eigenvalue weighted by molar-refractivity contribution is 0.274. The first kappa shape index (κ1) is 13.5. The van der Waals surface area contributed by atoms with E-state index < -0.39 is 0 Å². The van der Waals surface area contributed by atoms with E-state index in [-0.39, 0.29) is 0 Å². The molecule has 0 spiro atoms. The third-order valence-electron chi connectivity index (χ3n) is 1.69. The second-order valence-corrected chi connectivity index (χ2v) is 3.44. The fourth-order valence-electron chi connectivity index (χ4n) is 0.893. The minimum absolute atomic E-state index is 0.727. The van der Waals surface area contributed by atoms with Crippen molar-refractivity contribution in [1.82, 2.24) is 4.90 Å². The molecule has 0 N–H and O–H groups in total. The fraction of sp³-hybridized carbons (Fsp3) is 1.00. The third kappa shape index (κ3) is 9.96. The van der Waals surface area contributed by atoms with Crippen molar-refractivity contribution in [3.05, 3.63) is 0 Å². The zero-order valence-corrected chi connectivity index (χ0v) is 9.31. The van der Waals surface area contributed by atoms with Crippen molar-refractivity contribution < 1.29 is 0 Å². The molecule has 70 valence electrons. The number of nitrogens with zero attached hydrogens (tertiary/aromatic N) is 1. The van der Waals surface area contributed by atoms with Gasteiger partial charge in [0.25, 0.3) is 0 Å². The SMILES string of the molecule is CC.CC(C)C[C@H](C)N(C)C. The van der Waals surface area contributed by atoms with Crippen LogP contribution in [-0.4, -0.2) is 25.0 Å². The number of hydrogen-bond donors (Lipinski definition) is 0. The second-order valence-electron chi connectivity index (χ2n) is 3.44. The Kier molecular flexibility index (Phi) is 9.92. The Bertz CT molecular complexity index is 67.3. The van der Waals surface area contributed by atoms with Crippen molar-refractivity contribution >= 4 is 0 Å². The molecule has 0 fully saturated rings. The summed E-state index contributed by atoms with van der Waals surface area (Å²) in [5.74, 6) is 0.822. The van der Waals surface area contributed by atoms with Crippen molar-refractivity contribution in [1.29, 1.82) is 0 Å². The Labute approximate surface area is 72.8 Å². The molecule has 11 heavy (non-hydrogen) atoms. The van der Waals surface area contributed by atoms with Crippen molar-refractivity contribution in [2.45, 2.75) is 47.1 Å². The first-order chi connectivity index (χ1) is 5.04. The van der Waals surface area contributed by atoms with Gasteiger partial charge in [-0.05, 0) is 33.4 Å². The molecule has 0 unspecified atom stereocenters. The molecule has 0 aromatic heterocycles. The van der Waals surface area contributed by atoms with Crippen LogP contribution in [-0.2, 0) is 0 Å². The molecule has 0 aliphatic rings. The van der Waals surface area contributed by atoms with Gasteiger partial charge in [0.1, 0.15) is 0 Å². The zero-order valence-electron chi connectivity index (χ0n) is 9.31. The standard InChI is InChI=1S/C8H19N.C2H6/c1-7(2)6-8(3)9(4)5;1-2/h7-8H,6H2,1-5H3;1-2H3/t8-;/m0./s1. The van der Waals surface area contributed by atoms with E-state index in [0.717, 1.165) is 12.0 Å². The largest absolute Gasteiger partial charge is 0.307 e. The van der Waals surface area contributed by atoms with E-state index in [1.54, 1.807) is 0 Å². The summed E-state index contributed by atoms with van der Waals surface area (Å²) in [7, 11) is 4.26. The summed E-state index contributed by atoms with van der Waals surface area (Å²) < 4.78 is 0. The quantitative estimate of drug-likeness (QED) is 0.612. The van der Waals surface area contributed by atoms with Crippen LogP contribution in [0.4, 0.5) is 0 Å². The Balaban J connectivity index is 0. The van der Waals surface area contributed by atoms with Gasteiger partial charge < -0.3 is 4.90 Å². The Morgan fingerprint density at radius 3 is 1.45 bits per heavy atom. The van der Waals surface area contributed by atoms with Crippen molar-refractivity contribution in [3.8, 4) is 0 Å². The van der Waals surface area contributed by atoms with Crippen molar-refractivity contribution in [3.63, 3.8) is 0 Å². The predicted octanol–water partition coefficient (Wildman–Crippen LogP) is 3.01. The van der Waals surface area contributed by atoms with Gasteiger partial charge in [0, 0.05) is 6.04 Å². The summed E-state index contributed by atoms with van der Waals surface area (Å²) in [6.07, 6.45) is 1.30. The zero-order chi connectivity index (χ0) is 9.44. The van der Waals surface area contributed by atoms with Gasteiger partial charge in [0.15, 0.2) is 0 Å². The maximum absolute atomic E-state index is 2.26. The van der Waals surface area contributed by atoms with Crippen molar-refractivity contribution in [2.24, 2.45) is 5.92 Å². The average Bonchev–Trinajstić information content (AvgIpc) is 1.90. The summed E-state index contributed by atoms with van der Waals surface area (Å²) in [5.41, 5.74) is 0. The fourth-order valence-corrected chi connectivity index (χ4v) is 0.893. The van der Waals surface area contributed by atoms with Gasteiger partial charge in [-0.3, -0.25) is 0 Å². The summed E-state index contributed by atoms with van der Waals surface area (Å²) in [6.45, 7) is 10.8. The molecule has 1 nitrogen and oxygen atoms in total. The molecule has 0 aromatic carbocycles. The molecular weight excluding hydrogens is 134 g/mol. The van der Waals surface area contributed by atoms with E-state index >= 15 is 0 Å². The Morgan fingerprint density at radius 1 is 1.00 bits per heavy atom. The van der Waals surface area contributed by atoms with Gasteiger partial charge >= 0.3 is 0 Å². The molecule has 0 aliphatic heterocycles. The number of rotatable bonds is 3. The molecule has 0 saturated carbocycles. The highest BCUT2D eigenvalue weighted by Crippen LogP contribution is 2.06. The first-order valence-electron chi connectivity index (χ1n) is 4.70. The second kappa shape index (κ2) is 8.06. The normalized spacial score (nSPS) is 12.8. The first-order valence-corrected chi connectivity index (χ1v) is 4.70. The molecule has 0 rings (SSSR count). The average molecular weight is 159 g/mol. The van der Waals surface area contributed by atoms with Gasteiger partial charge in [-0.2, -0.15) is 0 Å². The van der Waals surface area contributed by atoms with Gasteiger partial charge in [-0.15, -0.1) is 0 Å². The van der Waals surface area contributed by atoms with Gasteiger partial charge in [-0.25, -0.2) is 0 Å². The monoisotopic (exact) mass is 159 g/mol. The molecular formula is C10H25N. The molecule has 0 radical (unpaired) electrons. The van der Waals surface area contributed by atoms with Crippen LogP contribution in [0.25, 0.3) is 0 Å². The summed E-state index contributed by atoms with van der Waals surface area (Å²) in [6, 6.07) is 0.727. The Morgan fingerprint density at radius 2 is 1.36 bits per heavy atom. The van der Waals surface area contributed by atoms with E-state index in [1.165, 1.54) is 6.42 Å². The van der Waals surface area contributed by atoms with Gasteiger partial charge in [0.2, 0.25) is 0 Å². The van der Waals surface area contributed by atoms with Gasteiger partial charge in [-0.1, -0.05) is 27.7 Å². The highest BCUT2D eigenvalue weighted by atomic mass is 15.1. The van der Waals surface area contributed by atoms with Crippen molar-refractivity contribution in [2.75, 3.05) is 14.1 Å². The lowest BCUT2D eigenvalue weighted by atomic mass is 10.1. The lowest BCUT2D eigenvalue weighted by Gasteiger charge is -2.21. The highest BCUT2D eigenvalue weighted by molar-refractivity contribution is 4.60. The van der Waals surface area contributed by atoms with Crippen LogP contribution in [0.5, 0.6) is 0 Å². The van der Waals surface area contributed by atoms with Crippen LogP contribution in [0.2, 0.25) is 0 Å². The van der Waals surface area contributed by atoms with Crippen LogP contribution in [0.15, 0.2) is 0 Å². The molecule has 0 heterocycles. The third-order valence-corrected chi connectivity index (χ3v) is 1.69. The van der Waals surface area contributed by atoms with E-state index in [4.69, 9.17) is 0 Å². The summed E-state index contributed by atoms with van der Waals surface area (Å²) in [5, 5.41) is 0. The van der Waals surface area contributed by atoms with E-state index in [1.807, 2.05) is 13.8 Å². The highest BCUT2D eigenvalue weighted by Gasteiger charge is 2.05. The lowest BCUT2D eigenvalue weighted by Crippen LogP contribution is -2.25. The van der Waals surface area contributed by atoms with Crippen LogP contribution in [0, 0.1) is 5.92 Å². The predicted molar refractivity (Wildman–Crippen MR) is 54.0 cm³/mol. The van der Waals surface area contributed by atoms with Crippen LogP contribution in [0.1, 0.15) is 41.0 Å². The molecule has 0 saturated heterocycles.